The second kappa shape index (κ2) is 6.25. The molecule has 0 radical (unpaired) electrons. The number of nitrogens with zero attached hydrogens (tertiary/aromatic N) is 5. The van der Waals surface area contributed by atoms with Gasteiger partial charge in [-0.05, 0) is 43.5 Å². The third-order valence-electron chi connectivity index (χ3n) is 4.78. The third-order valence-corrected chi connectivity index (χ3v) is 4.78. The van der Waals surface area contributed by atoms with Crippen molar-refractivity contribution in [2.45, 2.75) is 19.3 Å². The zero-order chi connectivity index (χ0) is 17.3. The van der Waals surface area contributed by atoms with E-state index in [2.05, 4.69) is 36.2 Å². The number of hydrogen-bond acceptors (Lipinski definition) is 6. The molecule has 1 fully saturated rings. The lowest BCUT2D eigenvalue weighted by molar-refractivity contribution is 0.574. The molecule has 130 valence electrons. The smallest absolute Gasteiger partial charge is 0.231 e. The van der Waals surface area contributed by atoms with Crippen LogP contribution in [0.5, 0.6) is 0 Å². The number of benzene rings is 1. The van der Waals surface area contributed by atoms with E-state index in [4.69, 9.17) is 4.98 Å². The number of imidazole rings is 1. The van der Waals surface area contributed by atoms with Crippen LogP contribution in [0.2, 0.25) is 0 Å². The second-order valence-corrected chi connectivity index (χ2v) is 6.55. The van der Waals surface area contributed by atoms with E-state index in [1.54, 1.807) is 12.5 Å². The van der Waals surface area contributed by atoms with Gasteiger partial charge in [0, 0.05) is 30.4 Å². The molecule has 4 aromatic rings. The molecule has 0 bridgehead atoms. The highest BCUT2D eigenvalue weighted by atomic mass is 15.3. The van der Waals surface area contributed by atoms with Crippen molar-refractivity contribution in [3.63, 3.8) is 0 Å². The predicted molar refractivity (Wildman–Crippen MR) is 103 cm³/mol. The van der Waals surface area contributed by atoms with Crippen LogP contribution in [-0.4, -0.2) is 38.0 Å². The lowest BCUT2D eigenvalue weighted by Gasteiger charge is -2.27. The molecule has 0 amide bonds. The first-order valence-electron chi connectivity index (χ1n) is 8.95. The van der Waals surface area contributed by atoms with Gasteiger partial charge in [0.15, 0.2) is 17.0 Å². The maximum atomic E-state index is 4.78. The minimum atomic E-state index is 0.575. The largest absolute Gasteiger partial charge is 0.355 e. The van der Waals surface area contributed by atoms with Gasteiger partial charge in [-0.3, -0.25) is 4.98 Å². The van der Waals surface area contributed by atoms with Gasteiger partial charge >= 0.3 is 0 Å². The molecule has 7 heteroatoms. The van der Waals surface area contributed by atoms with Crippen LogP contribution in [-0.2, 0) is 0 Å². The van der Waals surface area contributed by atoms with E-state index in [9.17, 15) is 0 Å². The quantitative estimate of drug-likeness (QED) is 0.590. The molecule has 1 aromatic carbocycles. The molecule has 1 aliphatic rings. The molecule has 1 saturated heterocycles. The van der Waals surface area contributed by atoms with Gasteiger partial charge in [0.1, 0.15) is 0 Å². The molecular formula is C19H19N7. The molecule has 2 N–H and O–H groups in total. The monoisotopic (exact) mass is 345 g/mol. The van der Waals surface area contributed by atoms with Gasteiger partial charge in [-0.15, -0.1) is 0 Å². The van der Waals surface area contributed by atoms with Crippen molar-refractivity contribution in [1.29, 1.82) is 0 Å². The molecule has 0 aliphatic carbocycles. The molecular weight excluding hydrogens is 326 g/mol. The Balaban J connectivity index is 1.53. The van der Waals surface area contributed by atoms with Crippen molar-refractivity contribution >= 4 is 39.5 Å². The van der Waals surface area contributed by atoms with Gasteiger partial charge in [-0.2, -0.15) is 9.97 Å². The highest BCUT2D eigenvalue weighted by Gasteiger charge is 2.18. The highest BCUT2D eigenvalue weighted by Crippen LogP contribution is 2.27. The Morgan fingerprint density at radius 1 is 1.00 bits per heavy atom. The molecule has 26 heavy (non-hydrogen) atoms. The Hall–Kier alpha value is -3.22. The second-order valence-electron chi connectivity index (χ2n) is 6.55. The number of pyridine rings is 1. The summed E-state index contributed by atoms with van der Waals surface area (Å²) in [7, 11) is 0. The summed E-state index contributed by atoms with van der Waals surface area (Å²) in [5.41, 5.74) is 3.50. The number of rotatable bonds is 3. The Bertz CT molecular complexity index is 1070. The summed E-state index contributed by atoms with van der Waals surface area (Å²) in [4.78, 5) is 23.6. The van der Waals surface area contributed by atoms with Crippen LogP contribution in [0.15, 0.2) is 42.9 Å². The molecule has 0 unspecified atom stereocenters. The number of piperidine rings is 1. The first-order valence-corrected chi connectivity index (χ1v) is 8.95. The normalized spacial score (nSPS) is 14.8. The van der Waals surface area contributed by atoms with Crippen LogP contribution < -0.4 is 10.2 Å². The Morgan fingerprint density at radius 3 is 2.85 bits per heavy atom. The van der Waals surface area contributed by atoms with Gasteiger partial charge < -0.3 is 15.2 Å². The number of fused-ring (bicyclic) bond motifs is 2. The third kappa shape index (κ3) is 2.71. The van der Waals surface area contributed by atoms with E-state index in [-0.39, 0.29) is 0 Å². The van der Waals surface area contributed by atoms with Crippen molar-refractivity contribution in [1.82, 2.24) is 24.9 Å². The molecule has 0 atom stereocenters. The van der Waals surface area contributed by atoms with E-state index in [1.807, 2.05) is 24.3 Å². The van der Waals surface area contributed by atoms with Crippen LogP contribution >= 0.6 is 0 Å². The van der Waals surface area contributed by atoms with E-state index in [1.165, 1.54) is 19.3 Å². The first-order chi connectivity index (χ1) is 12.9. The summed E-state index contributed by atoms with van der Waals surface area (Å²) < 4.78 is 0. The molecule has 0 saturated carbocycles. The van der Waals surface area contributed by atoms with E-state index in [0.29, 0.717) is 5.95 Å². The standard InChI is InChI=1S/C19H19N7/c1-2-9-26(10-3-1)18-16-17(22-12-21-16)24-19(25-18)23-14-6-7-15-13(11-14)5-4-8-20-15/h4-8,11-12H,1-3,9-10H2,(H2,21,22,23,24,25). The van der Waals surface area contributed by atoms with Crippen molar-refractivity contribution in [3.05, 3.63) is 42.9 Å². The number of hydrogen-bond donors (Lipinski definition) is 2. The number of anilines is 3. The predicted octanol–water partition coefficient (Wildman–Crippen LogP) is 3.64. The van der Waals surface area contributed by atoms with Gasteiger partial charge in [0.25, 0.3) is 0 Å². The molecule has 5 rings (SSSR count). The number of nitrogens with one attached hydrogen (secondary N) is 2. The minimum Gasteiger partial charge on any atom is -0.355 e. The number of aromatic amines is 1. The summed E-state index contributed by atoms with van der Waals surface area (Å²) in [5, 5.41) is 4.41. The maximum absolute atomic E-state index is 4.78. The molecule has 1 aliphatic heterocycles. The summed E-state index contributed by atoms with van der Waals surface area (Å²) in [6, 6.07) is 10.0. The molecule has 0 spiro atoms. The lowest BCUT2D eigenvalue weighted by Crippen LogP contribution is -2.30. The van der Waals surface area contributed by atoms with Gasteiger partial charge in [0.2, 0.25) is 5.95 Å². The van der Waals surface area contributed by atoms with Crippen molar-refractivity contribution in [2.24, 2.45) is 0 Å². The van der Waals surface area contributed by atoms with Gasteiger partial charge in [-0.1, -0.05) is 6.07 Å². The minimum absolute atomic E-state index is 0.575. The topological polar surface area (TPSA) is 82.6 Å². The zero-order valence-corrected chi connectivity index (χ0v) is 14.3. The van der Waals surface area contributed by atoms with Crippen molar-refractivity contribution in [2.75, 3.05) is 23.3 Å². The number of aromatic nitrogens is 5. The van der Waals surface area contributed by atoms with E-state index in [0.717, 1.165) is 46.7 Å². The van der Waals surface area contributed by atoms with Crippen molar-refractivity contribution < 1.29 is 0 Å². The Labute approximate surface area is 150 Å². The SMILES string of the molecule is c1cnc2ccc(Nc3nc(N4CCCCC4)c4nc[nH]c4n3)cc2c1. The average Bonchev–Trinajstić information content (AvgIpc) is 3.16. The fourth-order valence-corrected chi connectivity index (χ4v) is 3.49. The molecule has 3 aromatic heterocycles. The lowest BCUT2D eigenvalue weighted by atomic mass is 10.1. The summed E-state index contributed by atoms with van der Waals surface area (Å²) in [6.45, 7) is 2.03. The summed E-state index contributed by atoms with van der Waals surface area (Å²) in [5.74, 6) is 1.48. The molecule has 7 nitrogen and oxygen atoms in total. The zero-order valence-electron chi connectivity index (χ0n) is 14.3. The van der Waals surface area contributed by atoms with Crippen LogP contribution in [0.25, 0.3) is 22.1 Å². The van der Waals surface area contributed by atoms with Gasteiger partial charge in [-0.25, -0.2) is 4.98 Å². The fraction of sp³-hybridized carbons (Fsp3) is 0.263. The Morgan fingerprint density at radius 2 is 1.92 bits per heavy atom. The molecule has 4 heterocycles. The summed E-state index contributed by atoms with van der Waals surface area (Å²) in [6.07, 6.45) is 7.14. The number of H-pyrrole nitrogens is 1. The maximum Gasteiger partial charge on any atom is 0.231 e. The van der Waals surface area contributed by atoms with Crippen LogP contribution in [0.4, 0.5) is 17.5 Å². The van der Waals surface area contributed by atoms with E-state index < -0.39 is 0 Å². The van der Waals surface area contributed by atoms with Crippen LogP contribution in [0.3, 0.4) is 0 Å². The van der Waals surface area contributed by atoms with Crippen LogP contribution in [0, 0.1) is 0 Å². The fourth-order valence-electron chi connectivity index (χ4n) is 3.49. The van der Waals surface area contributed by atoms with E-state index >= 15 is 0 Å². The highest BCUT2D eigenvalue weighted by molar-refractivity contribution is 5.86. The van der Waals surface area contributed by atoms with Gasteiger partial charge in [0.05, 0.1) is 11.8 Å². The summed E-state index contributed by atoms with van der Waals surface area (Å²) >= 11 is 0. The van der Waals surface area contributed by atoms with Crippen molar-refractivity contribution in [3.8, 4) is 0 Å². The average molecular weight is 345 g/mol. The Kier molecular flexibility index (Phi) is 3.62. The first kappa shape index (κ1) is 15.1. The van der Waals surface area contributed by atoms with Crippen LogP contribution in [0.1, 0.15) is 19.3 Å².